The molecule has 0 aromatic heterocycles. The molecule has 2 heterocycles. The second kappa shape index (κ2) is 10.8. The number of carbonyl (C=O) groups is 2. The monoisotopic (exact) mass is 478 g/mol. The van der Waals surface area contributed by atoms with Gasteiger partial charge in [0.15, 0.2) is 0 Å². The van der Waals surface area contributed by atoms with Gasteiger partial charge < -0.3 is 25.0 Å². The Balaban J connectivity index is 1.59. The molecule has 1 atom stereocenters. The van der Waals surface area contributed by atoms with E-state index in [2.05, 4.69) is 52.5 Å². The van der Waals surface area contributed by atoms with Gasteiger partial charge in [0.05, 0.1) is 25.3 Å². The van der Waals surface area contributed by atoms with E-state index >= 15 is 0 Å². The van der Waals surface area contributed by atoms with E-state index < -0.39 is 12.0 Å². The van der Waals surface area contributed by atoms with Gasteiger partial charge in [-0.15, -0.1) is 0 Å². The Morgan fingerprint density at radius 1 is 1.09 bits per heavy atom. The van der Waals surface area contributed by atoms with Crippen molar-refractivity contribution in [1.82, 2.24) is 15.5 Å². The molecule has 1 saturated heterocycles. The molecule has 4 rings (SSSR count). The van der Waals surface area contributed by atoms with Gasteiger partial charge in [-0.2, -0.15) is 0 Å². The van der Waals surface area contributed by atoms with Crippen LogP contribution >= 0.6 is 0 Å². The molecule has 2 aromatic carbocycles. The van der Waals surface area contributed by atoms with E-state index in [4.69, 9.17) is 9.47 Å². The van der Waals surface area contributed by atoms with Crippen LogP contribution in [0.3, 0.4) is 0 Å². The first-order valence-corrected chi connectivity index (χ1v) is 12.1. The van der Waals surface area contributed by atoms with Gasteiger partial charge in [-0.1, -0.05) is 30.3 Å². The fraction of sp³-hybridized carbons (Fsp3) is 0.407. The Labute approximate surface area is 206 Å². The molecule has 8 nitrogen and oxygen atoms in total. The summed E-state index contributed by atoms with van der Waals surface area (Å²) in [5, 5.41) is 5.77. The third-order valence-electron chi connectivity index (χ3n) is 6.56. The Hall–Kier alpha value is -3.52. The molecular weight excluding hydrogens is 444 g/mol. The van der Waals surface area contributed by atoms with Crippen molar-refractivity contribution in [2.45, 2.75) is 26.8 Å². The summed E-state index contributed by atoms with van der Waals surface area (Å²) < 4.78 is 10.9. The van der Waals surface area contributed by atoms with Crippen LogP contribution in [0.4, 0.5) is 10.5 Å². The second-order valence-corrected chi connectivity index (χ2v) is 8.94. The summed E-state index contributed by atoms with van der Waals surface area (Å²) in [7, 11) is 1.58. The fourth-order valence-electron chi connectivity index (χ4n) is 4.76. The number of anilines is 1. The average Bonchev–Trinajstić information content (AvgIpc) is 2.85. The topological polar surface area (TPSA) is 83.1 Å². The zero-order valence-electron chi connectivity index (χ0n) is 20.9. The standard InChI is InChI=1S/C27H34N4O4/c1-5-35-26(32)24-21(28-27(33)29-25(24)20-8-6-7-9-23(20)34-4)17-30-12-14-31(15-13-30)22-16-18(2)10-11-19(22)3/h6-11,16,25H,5,12-15,17H2,1-4H3,(H2,28,29,33)/t25-/m1/s1. The van der Waals surface area contributed by atoms with Crippen molar-refractivity contribution in [3.63, 3.8) is 0 Å². The number of esters is 1. The molecule has 2 N–H and O–H groups in total. The van der Waals surface area contributed by atoms with Crippen LogP contribution < -0.4 is 20.3 Å². The minimum atomic E-state index is -0.662. The van der Waals surface area contributed by atoms with Crippen molar-refractivity contribution in [1.29, 1.82) is 0 Å². The van der Waals surface area contributed by atoms with E-state index in [1.807, 2.05) is 24.3 Å². The van der Waals surface area contributed by atoms with Crippen molar-refractivity contribution in [3.05, 3.63) is 70.4 Å². The highest BCUT2D eigenvalue weighted by atomic mass is 16.5. The SMILES string of the molecule is CCOC(=O)C1=C(CN2CCN(c3cc(C)ccc3C)CC2)NC(=O)N[C@@H]1c1ccccc1OC. The number of hydrogen-bond acceptors (Lipinski definition) is 6. The summed E-state index contributed by atoms with van der Waals surface area (Å²) in [6, 6.07) is 12.9. The molecule has 0 radical (unpaired) electrons. The molecule has 0 unspecified atom stereocenters. The van der Waals surface area contributed by atoms with Crippen LogP contribution in [-0.4, -0.2) is 63.3 Å². The Morgan fingerprint density at radius 3 is 2.54 bits per heavy atom. The minimum Gasteiger partial charge on any atom is -0.496 e. The fourth-order valence-corrected chi connectivity index (χ4v) is 4.76. The molecular formula is C27H34N4O4. The lowest BCUT2D eigenvalue weighted by atomic mass is 9.94. The zero-order chi connectivity index (χ0) is 24.9. The number of hydrogen-bond donors (Lipinski definition) is 2. The van der Waals surface area contributed by atoms with Crippen LogP contribution in [0.2, 0.25) is 0 Å². The highest BCUT2D eigenvalue weighted by Gasteiger charge is 2.36. The molecule has 0 aliphatic carbocycles. The number of nitrogens with zero attached hydrogens (tertiary/aromatic N) is 2. The number of benzene rings is 2. The molecule has 0 saturated carbocycles. The third kappa shape index (κ3) is 5.43. The largest absolute Gasteiger partial charge is 0.496 e. The lowest BCUT2D eigenvalue weighted by Gasteiger charge is -2.38. The van der Waals surface area contributed by atoms with E-state index in [1.165, 1.54) is 16.8 Å². The molecule has 186 valence electrons. The maximum Gasteiger partial charge on any atom is 0.338 e. The molecule has 0 spiro atoms. The maximum atomic E-state index is 13.1. The normalized spacial score (nSPS) is 18.7. The van der Waals surface area contributed by atoms with Crippen LogP contribution in [0.25, 0.3) is 0 Å². The van der Waals surface area contributed by atoms with Gasteiger partial charge >= 0.3 is 12.0 Å². The number of urea groups is 1. The molecule has 0 bridgehead atoms. The van der Waals surface area contributed by atoms with Crippen LogP contribution in [0.5, 0.6) is 5.75 Å². The summed E-state index contributed by atoms with van der Waals surface area (Å²) in [4.78, 5) is 30.4. The number of aryl methyl sites for hydroxylation is 2. The number of carbonyl (C=O) groups excluding carboxylic acids is 2. The zero-order valence-corrected chi connectivity index (χ0v) is 20.9. The lowest BCUT2D eigenvalue weighted by molar-refractivity contribution is -0.139. The van der Waals surface area contributed by atoms with Crippen molar-refractivity contribution in [2.24, 2.45) is 0 Å². The summed E-state index contributed by atoms with van der Waals surface area (Å²) in [6.07, 6.45) is 0. The van der Waals surface area contributed by atoms with Crippen molar-refractivity contribution in [2.75, 3.05) is 51.3 Å². The van der Waals surface area contributed by atoms with Gasteiger partial charge in [0.1, 0.15) is 5.75 Å². The number of para-hydroxylation sites is 1. The van der Waals surface area contributed by atoms with Gasteiger partial charge in [0.25, 0.3) is 0 Å². The van der Waals surface area contributed by atoms with E-state index in [9.17, 15) is 9.59 Å². The van der Waals surface area contributed by atoms with E-state index in [1.54, 1.807) is 14.0 Å². The van der Waals surface area contributed by atoms with Gasteiger partial charge in [-0.25, -0.2) is 9.59 Å². The van der Waals surface area contributed by atoms with Crippen molar-refractivity contribution in [3.8, 4) is 5.75 Å². The Morgan fingerprint density at radius 2 is 1.83 bits per heavy atom. The summed E-state index contributed by atoms with van der Waals surface area (Å²) in [5.74, 6) is 0.155. The Bertz CT molecular complexity index is 1120. The minimum absolute atomic E-state index is 0.247. The number of ether oxygens (including phenoxy) is 2. The quantitative estimate of drug-likeness (QED) is 0.594. The van der Waals surface area contributed by atoms with Gasteiger partial charge in [-0.3, -0.25) is 4.90 Å². The lowest BCUT2D eigenvalue weighted by Crippen LogP contribution is -2.52. The molecule has 2 aromatic rings. The molecule has 2 aliphatic rings. The van der Waals surface area contributed by atoms with Crippen molar-refractivity contribution >= 4 is 17.7 Å². The maximum absolute atomic E-state index is 13.1. The van der Waals surface area contributed by atoms with Crippen LogP contribution in [0.1, 0.15) is 29.7 Å². The molecule has 2 aliphatic heterocycles. The highest BCUT2D eigenvalue weighted by molar-refractivity contribution is 5.95. The first-order chi connectivity index (χ1) is 16.9. The molecule has 2 amide bonds. The van der Waals surface area contributed by atoms with Gasteiger partial charge in [0, 0.05) is 49.7 Å². The van der Waals surface area contributed by atoms with E-state index in [0.717, 1.165) is 26.2 Å². The molecule has 8 heteroatoms. The van der Waals surface area contributed by atoms with Gasteiger partial charge in [0.2, 0.25) is 0 Å². The summed E-state index contributed by atoms with van der Waals surface area (Å²) in [6.45, 7) is 10.1. The van der Waals surface area contributed by atoms with E-state index in [-0.39, 0.29) is 12.6 Å². The van der Waals surface area contributed by atoms with E-state index in [0.29, 0.717) is 29.1 Å². The first kappa shape index (κ1) is 24.6. The third-order valence-corrected chi connectivity index (χ3v) is 6.56. The Kier molecular flexibility index (Phi) is 7.60. The van der Waals surface area contributed by atoms with Crippen molar-refractivity contribution < 1.29 is 19.1 Å². The predicted molar refractivity (Wildman–Crippen MR) is 136 cm³/mol. The summed E-state index contributed by atoms with van der Waals surface area (Å²) >= 11 is 0. The predicted octanol–water partition coefficient (Wildman–Crippen LogP) is 3.31. The molecule has 1 fully saturated rings. The number of amides is 2. The van der Waals surface area contributed by atoms with Crippen LogP contribution in [-0.2, 0) is 9.53 Å². The number of methoxy groups -OCH3 is 1. The summed E-state index contributed by atoms with van der Waals surface area (Å²) in [5.41, 5.74) is 5.47. The second-order valence-electron chi connectivity index (χ2n) is 8.94. The number of nitrogens with one attached hydrogen (secondary N) is 2. The molecule has 35 heavy (non-hydrogen) atoms. The van der Waals surface area contributed by atoms with Crippen LogP contribution in [0, 0.1) is 13.8 Å². The number of piperazine rings is 1. The smallest absolute Gasteiger partial charge is 0.338 e. The average molecular weight is 479 g/mol. The highest BCUT2D eigenvalue weighted by Crippen LogP contribution is 2.34. The van der Waals surface area contributed by atoms with Gasteiger partial charge in [-0.05, 0) is 44.0 Å². The number of rotatable bonds is 7. The van der Waals surface area contributed by atoms with Crippen LogP contribution in [0.15, 0.2) is 53.7 Å². The first-order valence-electron chi connectivity index (χ1n) is 12.1.